The van der Waals surface area contributed by atoms with Crippen LogP contribution in [0.25, 0.3) is 0 Å². The quantitative estimate of drug-likeness (QED) is 0.387. The van der Waals surface area contributed by atoms with E-state index in [2.05, 4.69) is 0 Å². The van der Waals surface area contributed by atoms with Gasteiger partial charge in [0.1, 0.15) is 0 Å². The summed E-state index contributed by atoms with van der Waals surface area (Å²) in [5.41, 5.74) is 0. The first-order valence-electron chi connectivity index (χ1n) is 0. The van der Waals surface area contributed by atoms with Crippen LogP contribution < -0.4 is 0 Å². The summed E-state index contributed by atoms with van der Waals surface area (Å²) in [4.78, 5) is 0. The van der Waals surface area contributed by atoms with Gasteiger partial charge in [-0.3, -0.25) is 0 Å². The standard InChI is InChI=1S/Al.2O.Zn/q+3;-2;2*+2. The topological polar surface area (TPSA) is 57.0 Å². The van der Waals surface area contributed by atoms with E-state index in [0.29, 0.717) is 0 Å². The van der Waals surface area contributed by atoms with Crippen LogP contribution in [0.2, 0.25) is 0 Å². The van der Waals surface area contributed by atoms with Gasteiger partial charge in [-0.05, 0) is 0 Å². The molecule has 0 aliphatic carbocycles. The third-order valence-electron chi connectivity index (χ3n) is 0. The summed E-state index contributed by atoms with van der Waals surface area (Å²) in [6.07, 6.45) is 0. The minimum Gasteiger partial charge on any atom is -2.00 e. The van der Waals surface area contributed by atoms with Crippen molar-refractivity contribution in [2.24, 2.45) is 0 Å². The predicted octanol–water partition coefficient (Wildman–Crippen LogP) is -0.621. The fourth-order valence-electron chi connectivity index (χ4n) is 0. The van der Waals surface area contributed by atoms with Gasteiger partial charge in [0.15, 0.2) is 0 Å². The molecule has 12 valence electrons. The Bertz CT molecular complexity index is 6.00. The third kappa shape index (κ3) is 11.5. The van der Waals surface area contributed by atoms with Crippen molar-refractivity contribution < 1.29 is 30.4 Å². The average molecular weight is 124 g/mol. The van der Waals surface area contributed by atoms with Crippen molar-refractivity contribution in [3.8, 4) is 0 Å². The van der Waals surface area contributed by atoms with Crippen LogP contribution in [0.1, 0.15) is 0 Å². The molecule has 4 heavy (non-hydrogen) atoms. The summed E-state index contributed by atoms with van der Waals surface area (Å²) < 4.78 is 0. The fourth-order valence-corrected chi connectivity index (χ4v) is 0. The van der Waals surface area contributed by atoms with Crippen molar-refractivity contribution in [3.63, 3.8) is 0 Å². The first-order valence-corrected chi connectivity index (χ1v) is 0. The van der Waals surface area contributed by atoms with Crippen LogP contribution in [0, 0.1) is 0 Å². The molecular weight excluding hydrogens is 124 g/mol. The molecule has 0 amide bonds. The monoisotopic (exact) mass is 123 g/mol. The largest absolute Gasteiger partial charge is 3.00 e. The number of hydrogen-bond acceptors (Lipinski definition) is 0. The Morgan fingerprint density at radius 2 is 1.00 bits per heavy atom. The Labute approximate surface area is 48.1 Å². The Morgan fingerprint density at radius 1 is 1.00 bits per heavy atom. The van der Waals surface area contributed by atoms with Crippen molar-refractivity contribution in [2.45, 2.75) is 0 Å². The molecule has 4 heteroatoms. The van der Waals surface area contributed by atoms with E-state index in [-0.39, 0.29) is 47.8 Å². The van der Waals surface area contributed by atoms with Gasteiger partial charge < -0.3 is 5.48 Å². The molecule has 0 rings (SSSR count). The second-order valence-corrected chi connectivity index (χ2v) is 0. The number of rotatable bonds is 0. The molecule has 0 heterocycles. The Balaban J connectivity index is 0. The first-order chi connectivity index (χ1) is 0. The summed E-state index contributed by atoms with van der Waals surface area (Å²) in [6.45, 7) is 0. The molecule has 4 radical (unpaired) electrons. The first kappa shape index (κ1) is 72.9. The average Bonchev–Trinajstić information content (AvgIpc) is 0. The van der Waals surface area contributed by atoms with Crippen molar-refractivity contribution in [1.29, 1.82) is 0 Å². The maximum absolute atomic E-state index is 0. The van der Waals surface area contributed by atoms with Gasteiger partial charge in [0, 0.05) is 0 Å². The van der Waals surface area contributed by atoms with Gasteiger partial charge >= 0.3 is 42.3 Å². The van der Waals surface area contributed by atoms with Gasteiger partial charge in [-0.25, -0.2) is 0 Å². The molecule has 0 unspecified atom stereocenters. The zero-order chi connectivity index (χ0) is 0. The van der Waals surface area contributed by atoms with E-state index in [4.69, 9.17) is 0 Å². The Morgan fingerprint density at radius 3 is 1.00 bits per heavy atom. The van der Waals surface area contributed by atoms with E-state index < -0.39 is 0 Å². The SMILES string of the molecule is [Al+3].[O+2].[O-2].[Zn+2]. The minimum atomic E-state index is 0. The van der Waals surface area contributed by atoms with E-state index in [1.165, 1.54) is 0 Å². The van der Waals surface area contributed by atoms with Gasteiger partial charge in [0.2, 0.25) is 0 Å². The molecule has 0 spiro atoms. The van der Waals surface area contributed by atoms with Crippen LogP contribution in [0.4, 0.5) is 0 Å². The van der Waals surface area contributed by atoms with E-state index in [0.717, 1.165) is 0 Å². The fraction of sp³-hybridized carbons (Fsp3) is 0. The molecule has 0 aromatic heterocycles. The van der Waals surface area contributed by atoms with Gasteiger partial charge in [0.05, 0.1) is 0 Å². The van der Waals surface area contributed by atoms with Crippen LogP contribution in [-0.4, -0.2) is 17.4 Å². The summed E-state index contributed by atoms with van der Waals surface area (Å²) in [7, 11) is 0. The number of hydrogen-bond donors (Lipinski definition) is 0. The zero-order valence-corrected chi connectivity index (χ0v) is 6.22. The van der Waals surface area contributed by atoms with Crippen LogP contribution in [-0.2, 0) is 30.4 Å². The molecule has 0 aliphatic heterocycles. The molecule has 0 aromatic carbocycles. The Hall–Kier alpha value is 1.08. The summed E-state index contributed by atoms with van der Waals surface area (Å²) in [5, 5.41) is 0. The predicted molar refractivity (Wildman–Crippen MR) is 7.13 cm³/mol. The summed E-state index contributed by atoms with van der Waals surface area (Å²) >= 11 is 0. The van der Waals surface area contributed by atoms with Crippen LogP contribution in [0.15, 0.2) is 0 Å². The molecule has 0 saturated heterocycles. The molecule has 0 atom stereocenters. The molecule has 0 fully saturated rings. The van der Waals surface area contributed by atoms with Crippen LogP contribution in [0.5, 0.6) is 0 Å². The smallest absolute Gasteiger partial charge is 2.00 e. The van der Waals surface area contributed by atoms with Gasteiger partial charge in [-0.2, -0.15) is 0 Å². The zero-order valence-electron chi connectivity index (χ0n) is 2.10. The third-order valence-corrected chi connectivity index (χ3v) is 0. The molecular formula is AlO2Zn+5. The maximum Gasteiger partial charge on any atom is 3.00 e. The van der Waals surface area contributed by atoms with Crippen LogP contribution >= 0.6 is 0 Å². The van der Waals surface area contributed by atoms with Crippen molar-refractivity contribution >= 4 is 17.4 Å². The molecule has 0 aromatic rings. The summed E-state index contributed by atoms with van der Waals surface area (Å²) in [5.74, 6) is 0. The Kier molecular flexibility index (Phi) is 607. The van der Waals surface area contributed by atoms with Gasteiger partial charge in [-0.15, -0.1) is 0 Å². The van der Waals surface area contributed by atoms with Gasteiger partial charge in [-0.1, -0.05) is 0 Å². The molecule has 0 aliphatic rings. The van der Waals surface area contributed by atoms with E-state index in [1.807, 2.05) is 0 Å². The van der Waals surface area contributed by atoms with E-state index in [9.17, 15) is 0 Å². The van der Waals surface area contributed by atoms with E-state index >= 15 is 0 Å². The van der Waals surface area contributed by atoms with Crippen molar-refractivity contribution in [3.05, 3.63) is 0 Å². The van der Waals surface area contributed by atoms with Gasteiger partial charge in [0.25, 0.3) is 0 Å². The minimum absolute atomic E-state index is 0. The second kappa shape index (κ2) is 33.3. The normalized spacial score (nSPS) is 0. The van der Waals surface area contributed by atoms with Crippen molar-refractivity contribution in [2.75, 3.05) is 0 Å². The molecule has 0 saturated carbocycles. The molecule has 0 N–H and O–H groups in total. The summed E-state index contributed by atoms with van der Waals surface area (Å²) in [6, 6.07) is 0. The van der Waals surface area contributed by atoms with Crippen LogP contribution in [0.3, 0.4) is 0 Å². The maximum atomic E-state index is 0. The molecule has 0 bridgehead atoms. The second-order valence-electron chi connectivity index (χ2n) is 0. The molecule has 2 nitrogen and oxygen atoms in total. The van der Waals surface area contributed by atoms with Crippen molar-refractivity contribution in [1.82, 2.24) is 0 Å². The van der Waals surface area contributed by atoms with E-state index in [1.54, 1.807) is 0 Å².